The van der Waals surface area contributed by atoms with Crippen molar-refractivity contribution in [1.29, 1.82) is 0 Å². The summed E-state index contributed by atoms with van der Waals surface area (Å²) in [5, 5.41) is -0.242. The number of carbonyl (C=O) groups is 1. The van der Waals surface area contributed by atoms with Crippen molar-refractivity contribution in [3.8, 4) is 5.75 Å². The molecule has 0 spiro atoms. The van der Waals surface area contributed by atoms with Crippen molar-refractivity contribution in [2.24, 2.45) is 0 Å². The number of hydrogen-bond acceptors (Lipinski definition) is 2. The summed E-state index contributed by atoms with van der Waals surface area (Å²) in [7, 11) is 0. The summed E-state index contributed by atoms with van der Waals surface area (Å²) >= 11 is 9.20. The minimum Gasteiger partial charge on any atom is -0.490 e. The molecule has 2 rings (SSSR count). The lowest BCUT2D eigenvalue weighted by molar-refractivity contribution is -0.117. The van der Waals surface area contributed by atoms with Gasteiger partial charge in [0.15, 0.2) is 5.75 Å². The molecule has 1 heterocycles. The van der Waals surface area contributed by atoms with Crippen LogP contribution in [-0.4, -0.2) is 24.4 Å². The number of nitrogens with zero attached hydrogens (tertiary/aromatic N) is 1. The van der Waals surface area contributed by atoms with E-state index in [4.69, 9.17) is 16.3 Å². The van der Waals surface area contributed by atoms with Crippen molar-refractivity contribution >= 4 is 39.1 Å². The average Bonchev–Trinajstić information content (AvgIpc) is 2.61. The van der Waals surface area contributed by atoms with E-state index in [0.29, 0.717) is 29.1 Å². The zero-order valence-electron chi connectivity index (χ0n) is 9.75. The van der Waals surface area contributed by atoms with Crippen LogP contribution in [0.4, 0.5) is 10.1 Å². The van der Waals surface area contributed by atoms with E-state index in [1.807, 2.05) is 6.92 Å². The number of hydrogen-bond donors (Lipinski definition) is 0. The molecular weight excluding hydrogens is 324 g/mol. The van der Waals surface area contributed by atoms with Gasteiger partial charge in [-0.25, -0.2) is 4.39 Å². The third-order valence-corrected chi connectivity index (χ3v) is 3.53. The summed E-state index contributed by atoms with van der Waals surface area (Å²) in [6.07, 6.45) is 0.265. The second-order valence-corrected chi connectivity index (χ2v) is 5.45. The topological polar surface area (TPSA) is 29.5 Å². The highest BCUT2D eigenvalue weighted by Gasteiger charge is 2.32. The number of alkyl halides is 1. The van der Waals surface area contributed by atoms with Gasteiger partial charge in [-0.2, -0.15) is 0 Å². The Labute approximate surface area is 118 Å². The van der Waals surface area contributed by atoms with Gasteiger partial charge in [0, 0.05) is 19.0 Å². The van der Waals surface area contributed by atoms with E-state index in [0.717, 1.165) is 0 Å². The molecule has 1 atom stereocenters. The summed E-state index contributed by atoms with van der Waals surface area (Å²) in [6, 6.07) is 2.61. The standard InChI is InChI=1S/C12H12BrClFNO2/c1-2-18-12-9(13)4-8(15)5-10(12)16-6-7(14)3-11(16)17/h4-5,7H,2-3,6H2,1H3. The van der Waals surface area contributed by atoms with Crippen molar-refractivity contribution in [1.82, 2.24) is 0 Å². The van der Waals surface area contributed by atoms with Crippen LogP contribution >= 0.6 is 27.5 Å². The third kappa shape index (κ3) is 2.62. The highest BCUT2D eigenvalue weighted by molar-refractivity contribution is 9.10. The smallest absolute Gasteiger partial charge is 0.228 e. The van der Waals surface area contributed by atoms with Crippen LogP contribution in [0.3, 0.4) is 0 Å². The number of benzene rings is 1. The summed E-state index contributed by atoms with van der Waals surface area (Å²) < 4.78 is 19.4. The lowest BCUT2D eigenvalue weighted by Crippen LogP contribution is -2.25. The fourth-order valence-electron chi connectivity index (χ4n) is 1.93. The SMILES string of the molecule is CCOc1c(Br)cc(F)cc1N1CC(Cl)CC1=O. The van der Waals surface area contributed by atoms with Crippen LogP contribution in [0.15, 0.2) is 16.6 Å². The molecule has 0 bridgehead atoms. The third-order valence-electron chi connectivity index (χ3n) is 2.65. The van der Waals surface area contributed by atoms with E-state index in [-0.39, 0.29) is 17.7 Å². The normalized spacial score (nSPS) is 19.4. The summed E-state index contributed by atoms with van der Waals surface area (Å²) in [4.78, 5) is 13.3. The van der Waals surface area contributed by atoms with E-state index in [1.165, 1.54) is 17.0 Å². The first-order valence-electron chi connectivity index (χ1n) is 5.59. The van der Waals surface area contributed by atoms with E-state index in [9.17, 15) is 9.18 Å². The number of carbonyl (C=O) groups excluding carboxylic acids is 1. The van der Waals surface area contributed by atoms with Gasteiger partial charge in [-0.05, 0) is 28.9 Å². The van der Waals surface area contributed by atoms with Crippen LogP contribution in [0.25, 0.3) is 0 Å². The molecule has 1 amide bonds. The highest BCUT2D eigenvalue weighted by Crippen LogP contribution is 2.39. The molecular formula is C12H12BrClFNO2. The van der Waals surface area contributed by atoms with Crippen molar-refractivity contribution < 1.29 is 13.9 Å². The maximum Gasteiger partial charge on any atom is 0.228 e. The van der Waals surface area contributed by atoms with Gasteiger partial charge in [-0.15, -0.1) is 11.6 Å². The molecule has 1 unspecified atom stereocenters. The van der Waals surface area contributed by atoms with Gasteiger partial charge < -0.3 is 9.64 Å². The predicted molar refractivity (Wildman–Crippen MR) is 71.9 cm³/mol. The van der Waals surface area contributed by atoms with Crippen LogP contribution < -0.4 is 9.64 Å². The first-order valence-corrected chi connectivity index (χ1v) is 6.82. The lowest BCUT2D eigenvalue weighted by atomic mass is 10.2. The predicted octanol–water partition coefficient (Wildman–Crippen LogP) is 3.33. The van der Waals surface area contributed by atoms with Gasteiger partial charge in [-0.3, -0.25) is 4.79 Å². The summed E-state index contributed by atoms with van der Waals surface area (Å²) in [5.41, 5.74) is 0.428. The molecule has 1 saturated heterocycles. The molecule has 0 saturated carbocycles. The number of amides is 1. The monoisotopic (exact) mass is 335 g/mol. The molecule has 0 N–H and O–H groups in total. The van der Waals surface area contributed by atoms with Crippen LogP contribution in [0.2, 0.25) is 0 Å². The molecule has 0 radical (unpaired) electrons. The van der Waals surface area contributed by atoms with Gasteiger partial charge in [-0.1, -0.05) is 0 Å². The Kier molecular flexibility index (Phi) is 4.12. The molecule has 1 aromatic rings. The Morgan fingerprint density at radius 2 is 2.33 bits per heavy atom. The molecule has 6 heteroatoms. The van der Waals surface area contributed by atoms with Gasteiger partial charge >= 0.3 is 0 Å². The molecule has 98 valence electrons. The summed E-state index contributed by atoms with van der Waals surface area (Å²) in [6.45, 7) is 2.63. The molecule has 1 aliphatic rings. The molecule has 1 fully saturated rings. The largest absolute Gasteiger partial charge is 0.490 e. The lowest BCUT2D eigenvalue weighted by Gasteiger charge is -2.20. The maximum atomic E-state index is 13.5. The second-order valence-electron chi connectivity index (χ2n) is 3.97. The molecule has 1 aromatic carbocycles. The van der Waals surface area contributed by atoms with Gasteiger partial charge in [0.25, 0.3) is 0 Å². The minimum absolute atomic E-state index is 0.117. The number of halogens is 3. The highest BCUT2D eigenvalue weighted by atomic mass is 79.9. The van der Waals surface area contributed by atoms with Crippen molar-refractivity contribution in [3.05, 3.63) is 22.4 Å². The summed E-state index contributed by atoms with van der Waals surface area (Å²) in [5.74, 6) is -0.0716. The molecule has 1 aliphatic heterocycles. The minimum atomic E-state index is -0.425. The molecule has 0 aromatic heterocycles. The van der Waals surface area contributed by atoms with Gasteiger partial charge in [0.05, 0.1) is 22.1 Å². The Hall–Kier alpha value is -0.810. The Morgan fingerprint density at radius 3 is 2.89 bits per heavy atom. The van der Waals surface area contributed by atoms with Crippen LogP contribution in [-0.2, 0) is 4.79 Å². The Bertz CT molecular complexity index is 483. The first kappa shape index (κ1) is 13.6. The van der Waals surface area contributed by atoms with E-state index >= 15 is 0 Å². The average molecular weight is 337 g/mol. The molecule has 0 aliphatic carbocycles. The quantitative estimate of drug-likeness (QED) is 0.792. The molecule has 3 nitrogen and oxygen atoms in total. The van der Waals surface area contributed by atoms with Gasteiger partial charge in [0.2, 0.25) is 5.91 Å². The van der Waals surface area contributed by atoms with Crippen molar-refractivity contribution in [2.75, 3.05) is 18.1 Å². The van der Waals surface area contributed by atoms with E-state index < -0.39 is 5.82 Å². The van der Waals surface area contributed by atoms with Gasteiger partial charge in [0.1, 0.15) is 5.82 Å². The van der Waals surface area contributed by atoms with Crippen molar-refractivity contribution in [3.63, 3.8) is 0 Å². The van der Waals surface area contributed by atoms with Crippen LogP contribution in [0, 0.1) is 5.82 Å². The van der Waals surface area contributed by atoms with Crippen molar-refractivity contribution in [2.45, 2.75) is 18.7 Å². The molecule has 18 heavy (non-hydrogen) atoms. The second kappa shape index (κ2) is 5.45. The first-order chi connectivity index (χ1) is 8.52. The fraction of sp³-hybridized carbons (Fsp3) is 0.417. The van der Waals surface area contributed by atoms with E-state index in [1.54, 1.807) is 0 Å². The zero-order chi connectivity index (χ0) is 13.3. The number of ether oxygens (including phenoxy) is 1. The fourth-order valence-corrected chi connectivity index (χ4v) is 2.74. The van der Waals surface area contributed by atoms with Crippen LogP contribution in [0.5, 0.6) is 5.75 Å². The zero-order valence-corrected chi connectivity index (χ0v) is 12.1. The Balaban J connectivity index is 2.45. The number of anilines is 1. The Morgan fingerprint density at radius 1 is 1.61 bits per heavy atom. The number of rotatable bonds is 3. The maximum absolute atomic E-state index is 13.5. The van der Waals surface area contributed by atoms with Crippen LogP contribution in [0.1, 0.15) is 13.3 Å². The van der Waals surface area contributed by atoms with E-state index in [2.05, 4.69) is 15.9 Å².